The third-order valence-corrected chi connectivity index (χ3v) is 6.32. The van der Waals surface area contributed by atoms with Crippen LogP contribution in [0.1, 0.15) is 11.3 Å². The molecule has 7 heteroatoms. The molecule has 1 aromatic rings. The summed E-state index contributed by atoms with van der Waals surface area (Å²) >= 11 is 4.74. The van der Waals surface area contributed by atoms with E-state index in [1.165, 1.54) is 15.6 Å². The summed E-state index contributed by atoms with van der Waals surface area (Å²) in [5.74, 6) is 0. The molecular weight excluding hydrogens is 312 g/mol. The van der Waals surface area contributed by atoms with Gasteiger partial charge in [0.1, 0.15) is 0 Å². The van der Waals surface area contributed by atoms with Gasteiger partial charge in [0.25, 0.3) is 0 Å². The van der Waals surface area contributed by atoms with Crippen molar-refractivity contribution in [3.05, 3.63) is 14.7 Å². The SMILES string of the molecule is Cc1sc(Br)cc1S(=O)(=O)N1CC[C@H](N)C1. The maximum atomic E-state index is 12.3. The fourth-order valence-corrected chi connectivity index (χ4v) is 5.69. The molecule has 2 N–H and O–H groups in total. The van der Waals surface area contributed by atoms with Gasteiger partial charge in [-0.3, -0.25) is 0 Å². The maximum absolute atomic E-state index is 12.3. The summed E-state index contributed by atoms with van der Waals surface area (Å²) in [5.41, 5.74) is 5.73. The molecule has 0 unspecified atom stereocenters. The predicted octanol–water partition coefficient (Wildman–Crippen LogP) is 1.54. The first-order valence-corrected chi connectivity index (χ1v) is 7.98. The summed E-state index contributed by atoms with van der Waals surface area (Å²) in [5, 5.41) is 0. The molecule has 1 atom stereocenters. The zero-order valence-corrected chi connectivity index (χ0v) is 12.0. The zero-order valence-electron chi connectivity index (χ0n) is 8.81. The van der Waals surface area contributed by atoms with Crippen LogP contribution in [0.2, 0.25) is 0 Å². The summed E-state index contributed by atoms with van der Waals surface area (Å²) in [7, 11) is -3.35. The summed E-state index contributed by atoms with van der Waals surface area (Å²) < 4.78 is 26.9. The number of nitrogens with zero attached hydrogens (tertiary/aromatic N) is 1. The lowest BCUT2D eigenvalue weighted by Gasteiger charge is -2.15. The molecule has 0 aliphatic carbocycles. The second-order valence-electron chi connectivity index (χ2n) is 3.88. The number of hydrogen-bond donors (Lipinski definition) is 1. The Morgan fingerprint density at radius 2 is 2.31 bits per heavy atom. The Labute approximate surface area is 108 Å². The smallest absolute Gasteiger partial charge is 0.244 e. The topological polar surface area (TPSA) is 63.4 Å². The molecule has 4 nitrogen and oxygen atoms in total. The van der Waals surface area contributed by atoms with Gasteiger partial charge >= 0.3 is 0 Å². The normalized spacial score (nSPS) is 22.8. The van der Waals surface area contributed by atoms with Crippen LogP contribution in [0.3, 0.4) is 0 Å². The first-order chi connectivity index (χ1) is 7.41. The van der Waals surface area contributed by atoms with Crippen LogP contribution in [-0.2, 0) is 10.0 Å². The summed E-state index contributed by atoms with van der Waals surface area (Å²) in [6.45, 7) is 2.77. The molecule has 1 aliphatic rings. The predicted molar refractivity (Wildman–Crippen MR) is 68.1 cm³/mol. The van der Waals surface area contributed by atoms with E-state index in [2.05, 4.69) is 15.9 Å². The van der Waals surface area contributed by atoms with E-state index in [0.29, 0.717) is 18.0 Å². The van der Waals surface area contributed by atoms with Gasteiger partial charge in [0, 0.05) is 24.0 Å². The Morgan fingerprint density at radius 3 is 2.75 bits per heavy atom. The van der Waals surface area contributed by atoms with Crippen LogP contribution in [0.5, 0.6) is 0 Å². The number of hydrogen-bond acceptors (Lipinski definition) is 4. The van der Waals surface area contributed by atoms with Crippen LogP contribution in [0.25, 0.3) is 0 Å². The average molecular weight is 325 g/mol. The van der Waals surface area contributed by atoms with Crippen LogP contribution in [-0.4, -0.2) is 31.9 Å². The largest absolute Gasteiger partial charge is 0.326 e. The molecule has 16 heavy (non-hydrogen) atoms. The maximum Gasteiger partial charge on any atom is 0.244 e. The van der Waals surface area contributed by atoms with Crippen molar-refractivity contribution in [1.82, 2.24) is 4.31 Å². The van der Waals surface area contributed by atoms with Crippen molar-refractivity contribution < 1.29 is 8.42 Å². The van der Waals surface area contributed by atoms with E-state index in [0.717, 1.165) is 15.1 Å². The van der Waals surface area contributed by atoms with Crippen LogP contribution in [0, 0.1) is 6.92 Å². The Morgan fingerprint density at radius 1 is 1.62 bits per heavy atom. The van der Waals surface area contributed by atoms with Crippen LogP contribution in [0.4, 0.5) is 0 Å². The van der Waals surface area contributed by atoms with Crippen molar-refractivity contribution in [2.75, 3.05) is 13.1 Å². The van der Waals surface area contributed by atoms with Crippen LogP contribution >= 0.6 is 27.3 Å². The number of rotatable bonds is 2. The van der Waals surface area contributed by atoms with E-state index in [9.17, 15) is 8.42 Å². The Bertz CT molecular complexity index is 498. The minimum Gasteiger partial charge on any atom is -0.326 e. The second-order valence-corrected chi connectivity index (χ2v) is 8.42. The van der Waals surface area contributed by atoms with Gasteiger partial charge in [-0.15, -0.1) is 11.3 Å². The first-order valence-electron chi connectivity index (χ1n) is 4.93. The lowest BCUT2D eigenvalue weighted by atomic mass is 10.3. The van der Waals surface area contributed by atoms with Gasteiger partial charge in [-0.1, -0.05) is 0 Å². The van der Waals surface area contributed by atoms with E-state index in [4.69, 9.17) is 5.73 Å². The fourth-order valence-electron chi connectivity index (χ4n) is 1.80. The molecule has 2 heterocycles. The van der Waals surface area contributed by atoms with E-state index in [-0.39, 0.29) is 6.04 Å². The molecule has 0 saturated carbocycles. The van der Waals surface area contributed by atoms with Gasteiger partial charge in [0.2, 0.25) is 10.0 Å². The second kappa shape index (κ2) is 4.38. The average Bonchev–Trinajstić information content (AvgIpc) is 2.73. The van der Waals surface area contributed by atoms with Crippen LogP contribution < -0.4 is 5.73 Å². The molecule has 0 bridgehead atoms. The van der Waals surface area contributed by atoms with Crippen molar-refractivity contribution in [3.8, 4) is 0 Å². The lowest BCUT2D eigenvalue weighted by molar-refractivity contribution is 0.472. The lowest BCUT2D eigenvalue weighted by Crippen LogP contribution is -2.32. The fraction of sp³-hybridized carbons (Fsp3) is 0.556. The monoisotopic (exact) mass is 324 g/mol. The van der Waals surface area contributed by atoms with E-state index >= 15 is 0 Å². The van der Waals surface area contributed by atoms with E-state index in [1.807, 2.05) is 6.92 Å². The molecule has 0 amide bonds. The highest BCUT2D eigenvalue weighted by atomic mass is 79.9. The minimum atomic E-state index is -3.35. The van der Waals surface area contributed by atoms with E-state index in [1.54, 1.807) is 6.07 Å². The molecule has 2 rings (SSSR count). The standard InChI is InChI=1S/C9H13BrN2O2S2/c1-6-8(4-9(10)15-6)16(13,14)12-3-2-7(11)5-12/h4,7H,2-3,5,11H2,1H3/t7-/m0/s1. The molecule has 0 spiro atoms. The van der Waals surface area contributed by atoms with Gasteiger partial charge < -0.3 is 5.73 Å². The number of thiophene rings is 1. The van der Waals surface area contributed by atoms with Crippen molar-refractivity contribution in [2.24, 2.45) is 5.73 Å². The number of aryl methyl sites for hydroxylation is 1. The highest BCUT2D eigenvalue weighted by Crippen LogP contribution is 2.32. The highest BCUT2D eigenvalue weighted by molar-refractivity contribution is 9.11. The van der Waals surface area contributed by atoms with Gasteiger partial charge in [0.05, 0.1) is 8.68 Å². The number of halogens is 1. The molecule has 1 aromatic heterocycles. The highest BCUT2D eigenvalue weighted by Gasteiger charge is 2.32. The van der Waals surface area contributed by atoms with Gasteiger partial charge in [-0.2, -0.15) is 4.31 Å². The third-order valence-electron chi connectivity index (χ3n) is 2.65. The van der Waals surface area contributed by atoms with Crippen molar-refractivity contribution >= 4 is 37.3 Å². The van der Waals surface area contributed by atoms with Gasteiger partial charge in [-0.25, -0.2) is 8.42 Å². The summed E-state index contributed by atoms with van der Waals surface area (Å²) in [6, 6.07) is 1.64. The molecule has 0 aromatic carbocycles. The van der Waals surface area contributed by atoms with Crippen LogP contribution in [0.15, 0.2) is 14.7 Å². The molecular formula is C9H13BrN2O2S2. The Hall–Kier alpha value is 0.0500. The van der Waals surface area contributed by atoms with Gasteiger partial charge in [-0.05, 0) is 35.3 Å². The molecule has 1 aliphatic heterocycles. The molecule has 90 valence electrons. The summed E-state index contributed by atoms with van der Waals surface area (Å²) in [4.78, 5) is 1.21. The number of nitrogens with two attached hydrogens (primary N) is 1. The van der Waals surface area contributed by atoms with E-state index < -0.39 is 10.0 Å². The van der Waals surface area contributed by atoms with Crippen molar-refractivity contribution in [1.29, 1.82) is 0 Å². The molecule has 0 radical (unpaired) electrons. The van der Waals surface area contributed by atoms with Gasteiger partial charge in [0.15, 0.2) is 0 Å². The first kappa shape index (κ1) is 12.5. The number of sulfonamides is 1. The molecule has 1 saturated heterocycles. The minimum absolute atomic E-state index is 0.0304. The third kappa shape index (κ3) is 2.19. The molecule has 1 fully saturated rings. The summed E-state index contributed by atoms with van der Waals surface area (Å²) in [6.07, 6.45) is 0.740. The van der Waals surface area contributed by atoms with Crippen molar-refractivity contribution in [2.45, 2.75) is 24.3 Å². The Kier molecular flexibility index (Phi) is 3.42. The van der Waals surface area contributed by atoms with Crippen molar-refractivity contribution in [3.63, 3.8) is 0 Å². The Balaban J connectivity index is 2.36. The quantitative estimate of drug-likeness (QED) is 0.897. The zero-order chi connectivity index (χ0) is 11.9.